The van der Waals surface area contributed by atoms with Gasteiger partial charge in [0.2, 0.25) is 0 Å². The highest BCUT2D eigenvalue weighted by Gasteiger charge is 2.31. The second-order valence-electron chi connectivity index (χ2n) is 4.87. The minimum atomic E-state index is -0.602. The molecule has 0 aliphatic heterocycles. The normalized spacial score (nSPS) is 11.3. The third-order valence-corrected chi connectivity index (χ3v) is 2.59. The van der Waals surface area contributed by atoms with Crippen LogP contribution in [0, 0.1) is 27.2 Å². The van der Waals surface area contributed by atoms with Crippen LogP contribution in [0.3, 0.4) is 0 Å². The van der Waals surface area contributed by atoms with Gasteiger partial charge in [-0.2, -0.15) is 0 Å². The lowest BCUT2D eigenvalue weighted by Gasteiger charge is -2.19. The van der Waals surface area contributed by atoms with Crippen LogP contribution in [0.25, 0.3) is 0 Å². The molecule has 0 amide bonds. The first-order valence-electron chi connectivity index (χ1n) is 5.09. The summed E-state index contributed by atoms with van der Waals surface area (Å²) in [7, 11) is 0. The SMILES string of the molecule is Cc1c([N+](=O)[O-])ccc(C(C)(C)C)c1[N+](=O)[O-]. The van der Waals surface area contributed by atoms with Crippen molar-refractivity contribution in [1.82, 2.24) is 0 Å². The molecule has 0 spiro atoms. The molecule has 0 heterocycles. The number of nitrogens with zero attached hydrogens (tertiary/aromatic N) is 2. The first kappa shape index (κ1) is 13.1. The second kappa shape index (κ2) is 4.12. The van der Waals surface area contributed by atoms with Crippen LogP contribution < -0.4 is 0 Å². The molecule has 1 aromatic rings. The number of hydrogen-bond acceptors (Lipinski definition) is 4. The summed E-state index contributed by atoms with van der Waals surface area (Å²) in [5.74, 6) is 0. The van der Waals surface area contributed by atoms with Gasteiger partial charge in [0, 0.05) is 11.6 Å². The molecule has 0 aliphatic rings. The third kappa shape index (κ3) is 2.41. The summed E-state index contributed by atoms with van der Waals surface area (Å²) >= 11 is 0. The maximum atomic E-state index is 11.0. The molecule has 0 saturated carbocycles. The maximum Gasteiger partial charge on any atom is 0.282 e. The Bertz CT molecular complexity index is 489. The van der Waals surface area contributed by atoms with E-state index in [0.717, 1.165) is 0 Å². The van der Waals surface area contributed by atoms with Crippen LogP contribution in [-0.2, 0) is 5.41 Å². The highest BCUT2D eigenvalue weighted by atomic mass is 16.6. The van der Waals surface area contributed by atoms with Crippen molar-refractivity contribution in [2.45, 2.75) is 33.1 Å². The molecule has 0 saturated heterocycles. The molecule has 6 heteroatoms. The summed E-state index contributed by atoms with van der Waals surface area (Å²) in [6, 6.07) is 2.78. The monoisotopic (exact) mass is 238 g/mol. The van der Waals surface area contributed by atoms with Crippen molar-refractivity contribution in [3.63, 3.8) is 0 Å². The molecule has 0 N–H and O–H groups in total. The predicted molar refractivity (Wildman–Crippen MR) is 63.2 cm³/mol. The maximum absolute atomic E-state index is 11.0. The van der Waals surface area contributed by atoms with Gasteiger partial charge in [0.05, 0.1) is 9.85 Å². The summed E-state index contributed by atoms with van der Waals surface area (Å²) in [5.41, 5.74) is -0.197. The minimum absolute atomic E-state index is 0.104. The van der Waals surface area contributed by atoms with E-state index in [1.807, 2.05) is 20.8 Å². The van der Waals surface area contributed by atoms with E-state index < -0.39 is 15.3 Å². The lowest BCUT2D eigenvalue weighted by atomic mass is 9.84. The largest absolute Gasteiger partial charge is 0.282 e. The zero-order valence-corrected chi connectivity index (χ0v) is 10.2. The molecule has 1 aromatic carbocycles. The molecule has 1 rings (SSSR count). The van der Waals surface area contributed by atoms with Crippen LogP contribution >= 0.6 is 0 Å². The first-order chi connectivity index (χ1) is 7.66. The fourth-order valence-corrected chi connectivity index (χ4v) is 1.73. The topological polar surface area (TPSA) is 86.3 Å². The van der Waals surface area contributed by atoms with Crippen molar-refractivity contribution < 1.29 is 9.85 Å². The van der Waals surface area contributed by atoms with E-state index in [4.69, 9.17) is 0 Å². The van der Waals surface area contributed by atoms with E-state index in [-0.39, 0.29) is 16.9 Å². The second-order valence-corrected chi connectivity index (χ2v) is 4.87. The van der Waals surface area contributed by atoms with E-state index in [0.29, 0.717) is 5.56 Å². The molecule has 17 heavy (non-hydrogen) atoms. The molecule has 0 aromatic heterocycles. The van der Waals surface area contributed by atoms with E-state index in [1.54, 1.807) is 0 Å². The summed E-state index contributed by atoms with van der Waals surface area (Å²) in [5, 5.41) is 21.8. The lowest BCUT2D eigenvalue weighted by Crippen LogP contribution is -2.15. The van der Waals surface area contributed by atoms with Gasteiger partial charge in [-0.25, -0.2) is 0 Å². The summed E-state index contributed by atoms with van der Waals surface area (Å²) in [6.45, 7) is 6.91. The molecule has 0 atom stereocenters. The van der Waals surface area contributed by atoms with Crippen LogP contribution in [0.15, 0.2) is 12.1 Å². The number of hydrogen-bond donors (Lipinski definition) is 0. The molecular weight excluding hydrogens is 224 g/mol. The van der Waals surface area contributed by atoms with Crippen molar-refractivity contribution in [1.29, 1.82) is 0 Å². The van der Waals surface area contributed by atoms with Crippen LogP contribution in [0.1, 0.15) is 31.9 Å². The van der Waals surface area contributed by atoms with Crippen molar-refractivity contribution in [2.75, 3.05) is 0 Å². The fraction of sp³-hybridized carbons (Fsp3) is 0.455. The van der Waals surface area contributed by atoms with Crippen LogP contribution in [0.2, 0.25) is 0 Å². The van der Waals surface area contributed by atoms with Gasteiger partial charge in [-0.05, 0) is 18.4 Å². The van der Waals surface area contributed by atoms with Crippen molar-refractivity contribution in [3.8, 4) is 0 Å². The van der Waals surface area contributed by atoms with Gasteiger partial charge in [0.25, 0.3) is 11.4 Å². The summed E-state index contributed by atoms with van der Waals surface area (Å²) < 4.78 is 0. The molecule has 0 fully saturated rings. The Labute approximate surface area is 98.6 Å². The Balaban J connectivity index is 3.63. The van der Waals surface area contributed by atoms with E-state index in [9.17, 15) is 20.2 Å². The average molecular weight is 238 g/mol. The van der Waals surface area contributed by atoms with Crippen LogP contribution in [0.5, 0.6) is 0 Å². The Morgan fingerprint density at radius 2 is 1.59 bits per heavy atom. The zero-order chi connectivity index (χ0) is 13.4. The fourth-order valence-electron chi connectivity index (χ4n) is 1.73. The quantitative estimate of drug-likeness (QED) is 0.585. The van der Waals surface area contributed by atoms with Crippen LogP contribution in [-0.4, -0.2) is 9.85 Å². The van der Waals surface area contributed by atoms with Crippen LogP contribution in [0.4, 0.5) is 11.4 Å². The molecule has 0 aliphatic carbocycles. The first-order valence-corrected chi connectivity index (χ1v) is 5.09. The van der Waals surface area contributed by atoms with E-state index >= 15 is 0 Å². The lowest BCUT2D eigenvalue weighted by molar-refractivity contribution is -0.395. The van der Waals surface area contributed by atoms with Gasteiger partial charge in [0.15, 0.2) is 0 Å². The standard InChI is InChI=1S/C11H14N2O4/c1-7-9(12(14)15)6-5-8(11(2,3)4)10(7)13(16)17/h5-6H,1-4H3. The van der Waals surface area contributed by atoms with Gasteiger partial charge in [-0.3, -0.25) is 20.2 Å². The van der Waals surface area contributed by atoms with Gasteiger partial charge in [0.1, 0.15) is 5.56 Å². The molecule has 0 radical (unpaired) electrons. The average Bonchev–Trinajstić information content (AvgIpc) is 2.14. The highest BCUT2D eigenvalue weighted by Crippen LogP contribution is 2.37. The van der Waals surface area contributed by atoms with E-state index in [2.05, 4.69) is 0 Å². The molecular formula is C11H14N2O4. The van der Waals surface area contributed by atoms with Crippen molar-refractivity contribution in [2.24, 2.45) is 0 Å². The molecule has 92 valence electrons. The number of nitro benzene ring substituents is 2. The Hall–Kier alpha value is -1.98. The summed E-state index contributed by atoms with van der Waals surface area (Å²) in [4.78, 5) is 20.6. The Kier molecular flexibility index (Phi) is 3.17. The van der Waals surface area contributed by atoms with Gasteiger partial charge >= 0.3 is 0 Å². The number of benzene rings is 1. The number of rotatable bonds is 2. The van der Waals surface area contributed by atoms with E-state index in [1.165, 1.54) is 19.1 Å². The van der Waals surface area contributed by atoms with Gasteiger partial charge < -0.3 is 0 Å². The Morgan fingerprint density at radius 1 is 1.06 bits per heavy atom. The third-order valence-electron chi connectivity index (χ3n) is 2.59. The highest BCUT2D eigenvalue weighted by molar-refractivity contribution is 5.59. The molecule has 0 unspecified atom stereocenters. The Morgan fingerprint density at radius 3 is 1.94 bits per heavy atom. The molecule has 0 bridgehead atoms. The predicted octanol–water partition coefficient (Wildman–Crippen LogP) is 3.11. The van der Waals surface area contributed by atoms with Crippen molar-refractivity contribution >= 4 is 11.4 Å². The van der Waals surface area contributed by atoms with Gasteiger partial charge in [-0.1, -0.05) is 20.8 Å². The smallest absolute Gasteiger partial charge is 0.258 e. The molecule has 6 nitrogen and oxygen atoms in total. The zero-order valence-electron chi connectivity index (χ0n) is 10.2. The van der Waals surface area contributed by atoms with Gasteiger partial charge in [-0.15, -0.1) is 0 Å². The minimum Gasteiger partial charge on any atom is -0.258 e. The van der Waals surface area contributed by atoms with Crippen molar-refractivity contribution in [3.05, 3.63) is 43.5 Å². The summed E-state index contributed by atoms with van der Waals surface area (Å²) in [6.07, 6.45) is 0. The number of nitro groups is 2.